The smallest absolute Gasteiger partial charge is 0.0935 e. The highest BCUT2D eigenvalue weighted by molar-refractivity contribution is 9.10. The van der Waals surface area contributed by atoms with Gasteiger partial charge in [-0.3, -0.25) is 0 Å². The summed E-state index contributed by atoms with van der Waals surface area (Å²) in [5, 5.41) is 3.34. The molecule has 0 amide bonds. The first-order valence-corrected chi connectivity index (χ1v) is 8.23. The summed E-state index contributed by atoms with van der Waals surface area (Å²) in [6, 6.07) is 18.9. The molecule has 0 N–H and O–H groups in total. The summed E-state index contributed by atoms with van der Waals surface area (Å²) >= 11 is 5.25. The molecule has 0 saturated heterocycles. The molecule has 0 saturated carbocycles. The molecule has 3 aromatic rings. The third-order valence-corrected chi connectivity index (χ3v) is 4.54. The molecular formula is C17H14BrNS. The lowest BCUT2D eigenvalue weighted by atomic mass is 10.1. The van der Waals surface area contributed by atoms with Gasteiger partial charge in [0.25, 0.3) is 0 Å². The van der Waals surface area contributed by atoms with Crippen LogP contribution in [0.2, 0.25) is 0 Å². The lowest BCUT2D eigenvalue weighted by Crippen LogP contribution is -1.90. The fourth-order valence-corrected chi connectivity index (χ4v) is 3.31. The minimum Gasteiger partial charge on any atom is -0.241 e. The Bertz CT molecular complexity index is 691. The Morgan fingerprint density at radius 2 is 1.80 bits per heavy atom. The van der Waals surface area contributed by atoms with Gasteiger partial charge >= 0.3 is 0 Å². The quantitative estimate of drug-likeness (QED) is 0.621. The van der Waals surface area contributed by atoms with Crippen molar-refractivity contribution in [1.29, 1.82) is 0 Å². The molecule has 20 heavy (non-hydrogen) atoms. The van der Waals surface area contributed by atoms with Gasteiger partial charge in [-0.1, -0.05) is 58.4 Å². The third kappa shape index (κ3) is 3.35. The lowest BCUT2D eigenvalue weighted by molar-refractivity contribution is 0.945. The van der Waals surface area contributed by atoms with Crippen LogP contribution in [0.15, 0.2) is 64.5 Å². The molecule has 1 aromatic heterocycles. The molecule has 3 heteroatoms. The van der Waals surface area contributed by atoms with Crippen molar-refractivity contribution < 1.29 is 0 Å². The highest BCUT2D eigenvalue weighted by Crippen LogP contribution is 2.25. The van der Waals surface area contributed by atoms with E-state index in [1.165, 1.54) is 16.1 Å². The first-order valence-electron chi connectivity index (χ1n) is 6.55. The molecule has 0 fully saturated rings. The van der Waals surface area contributed by atoms with Gasteiger partial charge in [-0.15, -0.1) is 11.3 Å². The van der Waals surface area contributed by atoms with Gasteiger partial charge in [-0.25, -0.2) is 4.98 Å². The number of halogens is 1. The van der Waals surface area contributed by atoms with E-state index < -0.39 is 0 Å². The monoisotopic (exact) mass is 343 g/mol. The summed E-state index contributed by atoms with van der Waals surface area (Å²) in [5.74, 6) is 0. The number of rotatable bonds is 4. The van der Waals surface area contributed by atoms with Gasteiger partial charge in [0.1, 0.15) is 0 Å². The molecule has 1 nitrogen and oxygen atoms in total. The standard InChI is InChI=1S/C17H14BrNS/c18-15-8-4-7-14(11-15)16-12-20-17(19-16)10-9-13-5-2-1-3-6-13/h1-8,11-12H,9-10H2. The minimum absolute atomic E-state index is 1.00. The van der Waals surface area contributed by atoms with Gasteiger partial charge in [0.15, 0.2) is 0 Å². The van der Waals surface area contributed by atoms with E-state index in [1.807, 2.05) is 12.1 Å². The maximum atomic E-state index is 4.73. The minimum atomic E-state index is 1.00. The van der Waals surface area contributed by atoms with Gasteiger partial charge in [0.2, 0.25) is 0 Å². The van der Waals surface area contributed by atoms with Crippen molar-refractivity contribution >= 4 is 27.3 Å². The van der Waals surface area contributed by atoms with Crippen LogP contribution in [-0.4, -0.2) is 4.98 Å². The Hall–Kier alpha value is -1.45. The van der Waals surface area contributed by atoms with Crippen LogP contribution in [0, 0.1) is 0 Å². The van der Waals surface area contributed by atoms with Crippen LogP contribution in [0.4, 0.5) is 0 Å². The van der Waals surface area contributed by atoms with Crippen molar-refractivity contribution in [3.63, 3.8) is 0 Å². The van der Waals surface area contributed by atoms with E-state index in [9.17, 15) is 0 Å². The second kappa shape index (κ2) is 6.33. The van der Waals surface area contributed by atoms with E-state index in [0.717, 1.165) is 23.0 Å². The average Bonchev–Trinajstić information content (AvgIpc) is 2.95. The van der Waals surface area contributed by atoms with Gasteiger partial charge < -0.3 is 0 Å². The fraction of sp³-hybridized carbons (Fsp3) is 0.118. The highest BCUT2D eigenvalue weighted by Gasteiger charge is 2.05. The third-order valence-electron chi connectivity index (χ3n) is 3.14. The molecule has 3 rings (SSSR count). The van der Waals surface area contributed by atoms with E-state index in [0.29, 0.717) is 0 Å². The van der Waals surface area contributed by atoms with Crippen LogP contribution in [0.5, 0.6) is 0 Å². The Kier molecular flexibility index (Phi) is 4.28. The number of benzene rings is 2. The van der Waals surface area contributed by atoms with E-state index in [4.69, 9.17) is 4.98 Å². The van der Waals surface area contributed by atoms with Crippen LogP contribution in [0.3, 0.4) is 0 Å². The predicted molar refractivity (Wildman–Crippen MR) is 89.1 cm³/mol. The van der Waals surface area contributed by atoms with Crippen LogP contribution in [0.1, 0.15) is 10.6 Å². The number of aryl methyl sites for hydroxylation is 2. The summed E-state index contributed by atoms with van der Waals surface area (Å²) in [4.78, 5) is 4.73. The second-order valence-corrected chi connectivity index (χ2v) is 6.48. The van der Waals surface area contributed by atoms with Crippen LogP contribution < -0.4 is 0 Å². The molecular weight excluding hydrogens is 330 g/mol. The van der Waals surface area contributed by atoms with Crippen molar-refractivity contribution in [3.05, 3.63) is 75.0 Å². The number of hydrogen-bond acceptors (Lipinski definition) is 2. The van der Waals surface area contributed by atoms with Crippen molar-refractivity contribution in [2.24, 2.45) is 0 Å². The first-order chi connectivity index (χ1) is 9.81. The summed E-state index contributed by atoms with van der Waals surface area (Å²) in [6.07, 6.45) is 2.05. The average molecular weight is 344 g/mol. The van der Waals surface area contributed by atoms with Gasteiger partial charge in [-0.2, -0.15) is 0 Å². The number of nitrogens with zero attached hydrogens (tertiary/aromatic N) is 1. The second-order valence-electron chi connectivity index (χ2n) is 4.62. The van der Waals surface area contributed by atoms with Crippen LogP contribution >= 0.6 is 27.3 Å². The largest absolute Gasteiger partial charge is 0.241 e. The van der Waals surface area contributed by atoms with Crippen molar-refractivity contribution in [2.45, 2.75) is 12.8 Å². The normalized spacial score (nSPS) is 10.7. The molecule has 0 aliphatic rings. The SMILES string of the molecule is Brc1cccc(-c2csc(CCc3ccccc3)n2)c1. The van der Waals surface area contributed by atoms with E-state index in [2.05, 4.69) is 63.8 Å². The lowest BCUT2D eigenvalue weighted by Gasteiger charge is -1.99. The molecule has 0 aliphatic carbocycles. The van der Waals surface area contributed by atoms with Crippen molar-refractivity contribution in [2.75, 3.05) is 0 Å². The van der Waals surface area contributed by atoms with Gasteiger partial charge in [0, 0.05) is 21.8 Å². The summed E-state index contributed by atoms with van der Waals surface area (Å²) in [5.41, 5.74) is 3.60. The van der Waals surface area contributed by atoms with E-state index >= 15 is 0 Å². The number of hydrogen-bond donors (Lipinski definition) is 0. The summed E-state index contributed by atoms with van der Waals surface area (Å²) < 4.78 is 1.09. The molecule has 0 radical (unpaired) electrons. The zero-order valence-electron chi connectivity index (χ0n) is 10.9. The number of aromatic nitrogens is 1. The van der Waals surface area contributed by atoms with E-state index in [-0.39, 0.29) is 0 Å². The zero-order chi connectivity index (χ0) is 13.8. The molecule has 0 spiro atoms. The molecule has 0 aliphatic heterocycles. The molecule has 0 atom stereocenters. The summed E-state index contributed by atoms with van der Waals surface area (Å²) in [7, 11) is 0. The van der Waals surface area contributed by atoms with Gasteiger partial charge in [0.05, 0.1) is 10.7 Å². The number of thiazole rings is 1. The Balaban J connectivity index is 1.71. The maximum Gasteiger partial charge on any atom is 0.0935 e. The zero-order valence-corrected chi connectivity index (χ0v) is 13.3. The predicted octanol–water partition coefficient (Wildman–Crippen LogP) is 5.36. The van der Waals surface area contributed by atoms with Crippen LogP contribution in [-0.2, 0) is 12.8 Å². The summed E-state index contributed by atoms with van der Waals surface area (Å²) in [6.45, 7) is 0. The van der Waals surface area contributed by atoms with Crippen molar-refractivity contribution in [3.8, 4) is 11.3 Å². The molecule has 0 unspecified atom stereocenters. The molecule has 1 heterocycles. The fourth-order valence-electron chi connectivity index (χ4n) is 2.10. The van der Waals surface area contributed by atoms with Gasteiger partial charge in [-0.05, 0) is 24.1 Å². The topological polar surface area (TPSA) is 12.9 Å². The first kappa shape index (κ1) is 13.5. The maximum absolute atomic E-state index is 4.73. The van der Waals surface area contributed by atoms with E-state index in [1.54, 1.807) is 11.3 Å². The Labute approximate surface area is 131 Å². The Morgan fingerprint density at radius 1 is 0.950 bits per heavy atom. The van der Waals surface area contributed by atoms with Crippen LogP contribution in [0.25, 0.3) is 11.3 Å². The van der Waals surface area contributed by atoms with Crippen molar-refractivity contribution in [1.82, 2.24) is 4.98 Å². The molecule has 0 bridgehead atoms. The molecule has 2 aromatic carbocycles. The highest BCUT2D eigenvalue weighted by atomic mass is 79.9. The molecule has 100 valence electrons. The Morgan fingerprint density at radius 3 is 2.60 bits per heavy atom.